The highest BCUT2D eigenvalue weighted by molar-refractivity contribution is 7.89. The average molecular weight is 604 g/mol. The first-order chi connectivity index (χ1) is 19.9. The van der Waals surface area contributed by atoms with E-state index in [1.807, 2.05) is 26.0 Å². The molecule has 1 saturated carbocycles. The summed E-state index contributed by atoms with van der Waals surface area (Å²) in [6.45, 7) is 6.57. The molecule has 2 aliphatic rings. The van der Waals surface area contributed by atoms with Crippen molar-refractivity contribution in [3.05, 3.63) is 58.4 Å². The summed E-state index contributed by atoms with van der Waals surface area (Å²) in [5, 5.41) is 3.02. The largest absolute Gasteiger partial charge is 0.496 e. The van der Waals surface area contributed by atoms with Crippen LogP contribution in [-0.2, 0) is 19.6 Å². The van der Waals surface area contributed by atoms with Gasteiger partial charge < -0.3 is 19.7 Å². The van der Waals surface area contributed by atoms with E-state index in [4.69, 9.17) is 9.47 Å². The third-order valence-electron chi connectivity index (χ3n) is 9.05. The van der Waals surface area contributed by atoms with E-state index in [2.05, 4.69) is 24.3 Å². The number of carbonyl (C=O) groups excluding carboxylic acids is 1. The van der Waals surface area contributed by atoms with Gasteiger partial charge in [-0.05, 0) is 119 Å². The van der Waals surface area contributed by atoms with Crippen molar-refractivity contribution < 1.29 is 27.1 Å². The lowest BCUT2D eigenvalue weighted by Crippen LogP contribution is -2.37. The Morgan fingerprint density at radius 1 is 1.07 bits per heavy atom. The third-order valence-corrected chi connectivity index (χ3v) is 11.2. The molecule has 2 fully saturated rings. The molecule has 2 aromatic rings. The van der Waals surface area contributed by atoms with Crippen molar-refractivity contribution in [3.8, 4) is 5.75 Å². The Bertz CT molecular complexity index is 1340. The van der Waals surface area contributed by atoms with E-state index in [0.717, 1.165) is 36.8 Å². The third kappa shape index (κ3) is 7.33. The first-order valence-electron chi connectivity index (χ1n) is 14.9. The van der Waals surface area contributed by atoms with Crippen LogP contribution in [0.2, 0.25) is 0 Å². The summed E-state index contributed by atoms with van der Waals surface area (Å²) in [5.74, 6) is 1.18. The minimum atomic E-state index is -3.70. The topological polar surface area (TPSA) is 88.2 Å². The molecule has 2 aromatic carbocycles. The number of hydrogen-bond donors (Lipinski definition) is 1. The van der Waals surface area contributed by atoms with Crippen LogP contribution in [0.1, 0.15) is 60.4 Å². The summed E-state index contributed by atoms with van der Waals surface area (Å²) < 4.78 is 53.2. The zero-order valence-corrected chi connectivity index (χ0v) is 26.6. The van der Waals surface area contributed by atoms with E-state index in [9.17, 15) is 17.6 Å². The maximum absolute atomic E-state index is 13.5. The highest BCUT2D eigenvalue weighted by Gasteiger charge is 2.36. The van der Waals surface area contributed by atoms with Gasteiger partial charge in [-0.3, -0.25) is 4.79 Å². The number of halogens is 1. The quantitative estimate of drug-likeness (QED) is 0.399. The number of ether oxygens (including phenoxy) is 2. The number of benzene rings is 2. The smallest absolute Gasteiger partial charge is 0.246 e. The van der Waals surface area contributed by atoms with Gasteiger partial charge in [0.25, 0.3) is 0 Å². The SMILES string of the molecule is COc1cc(C)c(S(=O)(=O)N2CCC(OCC(=O)NCC3CCC(C(c4ccc(F)cc4)N(C)C)CC3)C2)c(C)c1C. The molecule has 42 heavy (non-hydrogen) atoms. The zero-order valence-electron chi connectivity index (χ0n) is 25.8. The van der Waals surface area contributed by atoms with E-state index in [-0.39, 0.29) is 37.0 Å². The summed E-state index contributed by atoms with van der Waals surface area (Å²) in [7, 11) is 2.02. The molecule has 0 aromatic heterocycles. The normalized spacial score (nSPS) is 22.3. The average Bonchev–Trinajstić information content (AvgIpc) is 3.44. The molecular weight excluding hydrogens is 557 g/mol. The fraction of sp³-hybridized carbons (Fsp3) is 0.594. The molecule has 1 aliphatic heterocycles. The van der Waals surface area contributed by atoms with E-state index in [1.165, 1.54) is 16.4 Å². The Morgan fingerprint density at radius 2 is 1.74 bits per heavy atom. The second kappa shape index (κ2) is 13.8. The maximum Gasteiger partial charge on any atom is 0.246 e. The number of carbonyl (C=O) groups is 1. The maximum atomic E-state index is 13.5. The predicted octanol–water partition coefficient (Wildman–Crippen LogP) is 4.76. The Morgan fingerprint density at radius 3 is 2.36 bits per heavy atom. The van der Waals surface area contributed by atoms with Crippen LogP contribution in [0.15, 0.2) is 35.2 Å². The van der Waals surface area contributed by atoms with E-state index in [1.54, 1.807) is 20.1 Å². The summed E-state index contributed by atoms with van der Waals surface area (Å²) >= 11 is 0. The van der Waals surface area contributed by atoms with Crippen molar-refractivity contribution in [3.63, 3.8) is 0 Å². The number of sulfonamides is 1. The molecule has 1 heterocycles. The lowest BCUT2D eigenvalue weighted by Gasteiger charge is -2.37. The summed E-state index contributed by atoms with van der Waals surface area (Å²) in [4.78, 5) is 15.1. The highest BCUT2D eigenvalue weighted by atomic mass is 32.2. The number of nitrogens with one attached hydrogen (secondary N) is 1. The lowest BCUT2D eigenvalue weighted by molar-refractivity contribution is -0.127. The molecule has 2 unspecified atom stereocenters. The van der Waals surface area contributed by atoms with Gasteiger partial charge in [-0.15, -0.1) is 0 Å². The second-order valence-electron chi connectivity index (χ2n) is 12.1. The van der Waals surface area contributed by atoms with Crippen LogP contribution < -0.4 is 10.1 Å². The fourth-order valence-electron chi connectivity index (χ4n) is 6.67. The minimum absolute atomic E-state index is 0.0825. The number of amides is 1. The van der Waals surface area contributed by atoms with Crippen molar-refractivity contribution in [1.82, 2.24) is 14.5 Å². The van der Waals surface area contributed by atoms with Gasteiger partial charge in [0, 0.05) is 25.7 Å². The van der Waals surface area contributed by atoms with Gasteiger partial charge in [-0.25, -0.2) is 12.8 Å². The first-order valence-corrected chi connectivity index (χ1v) is 16.3. The van der Waals surface area contributed by atoms with E-state index in [0.29, 0.717) is 53.1 Å². The monoisotopic (exact) mass is 603 g/mol. The molecule has 4 rings (SSSR count). The Labute approximate surface area is 250 Å². The van der Waals surface area contributed by atoms with Crippen LogP contribution in [0, 0.1) is 38.4 Å². The molecule has 232 valence electrons. The molecule has 1 N–H and O–H groups in total. The molecule has 0 spiro atoms. The van der Waals surface area contributed by atoms with E-state index >= 15 is 0 Å². The van der Waals surface area contributed by atoms with Gasteiger partial charge in [0.1, 0.15) is 18.2 Å². The minimum Gasteiger partial charge on any atom is -0.496 e. The molecular formula is C32H46FN3O5S. The van der Waals surface area contributed by atoms with Crippen LogP contribution in [0.3, 0.4) is 0 Å². The number of nitrogens with zero attached hydrogens (tertiary/aromatic N) is 2. The molecule has 1 aliphatic carbocycles. The van der Waals surface area contributed by atoms with Gasteiger partial charge in [0.2, 0.25) is 15.9 Å². The van der Waals surface area contributed by atoms with E-state index < -0.39 is 10.0 Å². The Hall–Kier alpha value is -2.53. The number of aryl methyl sites for hydroxylation is 1. The van der Waals surface area contributed by atoms with Crippen LogP contribution in [0.4, 0.5) is 4.39 Å². The Balaban J connectivity index is 1.22. The van der Waals surface area contributed by atoms with Crippen LogP contribution in [-0.4, -0.2) is 77.1 Å². The molecule has 1 amide bonds. The van der Waals surface area contributed by atoms with Crippen LogP contribution in [0.25, 0.3) is 0 Å². The lowest BCUT2D eigenvalue weighted by atomic mass is 9.76. The molecule has 1 saturated heterocycles. The van der Waals surface area contributed by atoms with Gasteiger partial charge in [0.15, 0.2) is 0 Å². The molecule has 0 radical (unpaired) electrons. The molecule has 10 heteroatoms. The van der Waals surface area contributed by atoms with Gasteiger partial charge in [0.05, 0.1) is 18.1 Å². The number of rotatable bonds is 11. The van der Waals surface area contributed by atoms with Crippen molar-refractivity contribution in [2.45, 2.75) is 69.9 Å². The first kappa shape index (κ1) is 32.4. The van der Waals surface area contributed by atoms with Crippen molar-refractivity contribution in [1.29, 1.82) is 0 Å². The molecule has 2 atom stereocenters. The van der Waals surface area contributed by atoms with Crippen LogP contribution in [0.5, 0.6) is 5.75 Å². The van der Waals surface area contributed by atoms with Crippen molar-refractivity contribution in [2.75, 3.05) is 47.4 Å². The summed E-state index contributed by atoms with van der Waals surface area (Å²) in [5.41, 5.74) is 3.29. The van der Waals surface area contributed by atoms with Gasteiger partial charge in [-0.1, -0.05) is 12.1 Å². The summed E-state index contributed by atoms with van der Waals surface area (Å²) in [6, 6.07) is 8.83. The number of methoxy groups -OCH3 is 1. The van der Waals surface area contributed by atoms with Crippen molar-refractivity contribution >= 4 is 15.9 Å². The standard InChI is InChI=1S/C32H46FN3O5S/c1-21-17-29(40-6)22(2)23(3)32(21)42(38,39)36-16-15-28(19-36)41-20-30(37)34-18-24-7-9-25(10-8-24)31(35(4)5)26-11-13-27(33)14-12-26/h11-14,17,24-25,28,31H,7-10,15-16,18-20H2,1-6H3,(H,34,37). The van der Waals surface area contributed by atoms with Gasteiger partial charge >= 0.3 is 0 Å². The summed E-state index contributed by atoms with van der Waals surface area (Å²) in [6.07, 6.45) is 4.38. The predicted molar refractivity (Wildman–Crippen MR) is 162 cm³/mol. The molecule has 8 nitrogen and oxygen atoms in total. The highest BCUT2D eigenvalue weighted by Crippen LogP contribution is 2.39. The number of hydrogen-bond acceptors (Lipinski definition) is 6. The molecule has 0 bridgehead atoms. The fourth-order valence-corrected chi connectivity index (χ4v) is 8.65. The zero-order chi connectivity index (χ0) is 30.6. The van der Waals surface area contributed by atoms with Gasteiger partial charge in [-0.2, -0.15) is 4.31 Å². The van der Waals surface area contributed by atoms with Crippen molar-refractivity contribution in [2.24, 2.45) is 11.8 Å². The second-order valence-corrected chi connectivity index (χ2v) is 14.0. The Kier molecular flexibility index (Phi) is 10.7. The van der Waals surface area contributed by atoms with Crippen LogP contribution >= 0.6 is 0 Å².